The smallest absolute Gasteiger partial charge is 0.191 e. The molecule has 0 bridgehead atoms. The number of fused-ring (bicyclic) bond motifs is 1. The fraction of sp³-hybridized carbons (Fsp3) is 0.381. The number of aryl methyl sites for hydroxylation is 1. The lowest BCUT2D eigenvalue weighted by Gasteiger charge is -2.39. The lowest BCUT2D eigenvalue weighted by atomic mass is 9.69. The summed E-state index contributed by atoms with van der Waals surface area (Å²) < 4.78 is 0. The van der Waals surface area contributed by atoms with Gasteiger partial charge in [-0.1, -0.05) is 55.4 Å². The number of carbonyl (C=O) groups excluding carboxylic acids is 1. The molecule has 0 amide bonds. The summed E-state index contributed by atoms with van der Waals surface area (Å²) in [6.45, 7) is 6.32. The van der Waals surface area contributed by atoms with E-state index in [-0.39, 0.29) is 17.1 Å². The molecule has 0 saturated carbocycles. The number of anilines is 2. The van der Waals surface area contributed by atoms with E-state index in [2.05, 4.69) is 60.3 Å². The lowest BCUT2D eigenvalue weighted by Crippen LogP contribution is -2.34. The first-order chi connectivity index (χ1) is 12.8. The van der Waals surface area contributed by atoms with E-state index in [4.69, 9.17) is 5.73 Å². The van der Waals surface area contributed by atoms with Crippen molar-refractivity contribution in [3.05, 3.63) is 52.2 Å². The zero-order chi connectivity index (χ0) is 19.3. The van der Waals surface area contributed by atoms with Gasteiger partial charge in [0.05, 0.1) is 0 Å². The second-order valence-corrected chi connectivity index (χ2v) is 8.93. The Kier molecular flexibility index (Phi) is 4.26. The number of ketones is 1. The summed E-state index contributed by atoms with van der Waals surface area (Å²) in [6.07, 6.45) is 3.28. The molecule has 140 valence electrons. The molecule has 0 spiro atoms. The van der Waals surface area contributed by atoms with Crippen molar-refractivity contribution in [1.29, 1.82) is 0 Å². The number of hydrogen-bond donors (Lipinski definition) is 2. The Morgan fingerprint density at radius 3 is 2.56 bits per heavy atom. The molecule has 0 saturated heterocycles. The highest BCUT2D eigenvalue weighted by Gasteiger charge is 2.42. The molecule has 1 atom stereocenters. The fourth-order valence-electron chi connectivity index (χ4n) is 4.10. The van der Waals surface area contributed by atoms with E-state index in [1.54, 1.807) is 0 Å². The normalized spacial score (nSPS) is 20.7. The Balaban J connectivity index is 1.96. The van der Waals surface area contributed by atoms with Gasteiger partial charge in [-0.15, -0.1) is 0 Å². The molecular formula is C21H24N4OS. The number of carbonyl (C=O) groups is 1. The van der Waals surface area contributed by atoms with Crippen molar-refractivity contribution in [2.75, 3.05) is 17.3 Å². The van der Waals surface area contributed by atoms with Crippen LogP contribution < -0.4 is 11.1 Å². The molecule has 6 heteroatoms. The van der Waals surface area contributed by atoms with Gasteiger partial charge in [0.2, 0.25) is 0 Å². The minimum Gasteiger partial charge on any atom is -0.383 e. The van der Waals surface area contributed by atoms with Gasteiger partial charge in [-0.3, -0.25) is 4.79 Å². The van der Waals surface area contributed by atoms with Crippen molar-refractivity contribution in [3.63, 3.8) is 0 Å². The second kappa shape index (κ2) is 6.37. The third kappa shape index (κ3) is 3.12. The second-order valence-electron chi connectivity index (χ2n) is 8.16. The average molecular weight is 381 g/mol. The van der Waals surface area contributed by atoms with Crippen molar-refractivity contribution in [3.8, 4) is 0 Å². The molecule has 2 aromatic rings. The molecule has 2 aliphatic rings. The van der Waals surface area contributed by atoms with Crippen LogP contribution in [0.3, 0.4) is 0 Å². The largest absolute Gasteiger partial charge is 0.383 e. The molecule has 1 aromatic heterocycles. The molecule has 0 fully saturated rings. The van der Waals surface area contributed by atoms with E-state index in [9.17, 15) is 4.79 Å². The predicted molar refractivity (Wildman–Crippen MR) is 110 cm³/mol. The van der Waals surface area contributed by atoms with Crippen molar-refractivity contribution in [1.82, 2.24) is 9.97 Å². The Morgan fingerprint density at radius 2 is 1.89 bits per heavy atom. The number of nitrogens with zero attached hydrogens (tertiary/aromatic N) is 2. The highest BCUT2D eigenvalue weighted by molar-refractivity contribution is 7.98. The first-order valence-corrected chi connectivity index (χ1v) is 10.3. The molecule has 1 aliphatic heterocycles. The molecule has 1 aliphatic carbocycles. The van der Waals surface area contributed by atoms with Gasteiger partial charge in [0.25, 0.3) is 0 Å². The molecule has 3 N–H and O–H groups in total. The summed E-state index contributed by atoms with van der Waals surface area (Å²) >= 11 is 1.46. The van der Waals surface area contributed by atoms with E-state index in [1.165, 1.54) is 17.3 Å². The SMILES string of the molecule is CSc1nc(N)c2c(n1)NC1=C(C(=O)CC(C)(C)C1)[C@H]2c1ccc(C)cc1. The number of aromatic nitrogens is 2. The quantitative estimate of drug-likeness (QED) is 0.597. The topological polar surface area (TPSA) is 80.9 Å². The minimum atomic E-state index is -0.226. The zero-order valence-electron chi connectivity index (χ0n) is 16.1. The first-order valence-electron chi connectivity index (χ1n) is 9.10. The van der Waals surface area contributed by atoms with Gasteiger partial charge in [-0.2, -0.15) is 0 Å². The summed E-state index contributed by atoms with van der Waals surface area (Å²) in [7, 11) is 0. The van der Waals surface area contributed by atoms with Crippen LogP contribution in [-0.4, -0.2) is 22.0 Å². The molecular weight excluding hydrogens is 356 g/mol. The number of Topliss-reactive ketones (excluding diaryl/α,β-unsaturated/α-hetero) is 1. The third-order valence-electron chi connectivity index (χ3n) is 5.31. The molecule has 27 heavy (non-hydrogen) atoms. The number of thioether (sulfide) groups is 1. The highest BCUT2D eigenvalue weighted by atomic mass is 32.2. The Hall–Kier alpha value is -2.34. The number of allylic oxidation sites excluding steroid dienone is 2. The number of hydrogen-bond acceptors (Lipinski definition) is 6. The summed E-state index contributed by atoms with van der Waals surface area (Å²) in [6, 6.07) is 8.30. The molecule has 0 unspecified atom stereocenters. The lowest BCUT2D eigenvalue weighted by molar-refractivity contribution is -0.118. The zero-order valence-corrected chi connectivity index (χ0v) is 16.9. The Labute approximate surface area is 163 Å². The number of nitrogens with one attached hydrogen (secondary N) is 1. The Bertz CT molecular complexity index is 963. The van der Waals surface area contributed by atoms with Crippen molar-refractivity contribution in [2.45, 2.75) is 44.7 Å². The third-order valence-corrected chi connectivity index (χ3v) is 5.86. The molecule has 1 aromatic carbocycles. The van der Waals surface area contributed by atoms with Crippen LogP contribution in [0.15, 0.2) is 40.7 Å². The number of nitrogen functional groups attached to an aromatic ring is 1. The predicted octanol–water partition coefficient (Wildman–Crippen LogP) is 4.29. The van der Waals surface area contributed by atoms with Gasteiger partial charge in [-0.05, 0) is 30.6 Å². The van der Waals surface area contributed by atoms with Crippen LogP contribution in [0.5, 0.6) is 0 Å². The van der Waals surface area contributed by atoms with Gasteiger partial charge >= 0.3 is 0 Å². The first kappa shape index (κ1) is 18.0. The van der Waals surface area contributed by atoms with Crippen LogP contribution >= 0.6 is 11.8 Å². The van der Waals surface area contributed by atoms with Crippen LogP contribution in [0.4, 0.5) is 11.6 Å². The molecule has 4 rings (SSSR count). The van der Waals surface area contributed by atoms with Gasteiger partial charge in [0, 0.05) is 29.2 Å². The average Bonchev–Trinajstić information content (AvgIpc) is 2.59. The van der Waals surface area contributed by atoms with E-state index in [0.717, 1.165) is 34.6 Å². The van der Waals surface area contributed by atoms with Gasteiger partial charge in [0.1, 0.15) is 11.6 Å². The van der Waals surface area contributed by atoms with Crippen LogP contribution in [0.25, 0.3) is 0 Å². The summed E-state index contributed by atoms with van der Waals surface area (Å²) in [4.78, 5) is 22.3. The number of benzene rings is 1. The van der Waals surface area contributed by atoms with Crippen LogP contribution in [0.2, 0.25) is 0 Å². The van der Waals surface area contributed by atoms with E-state index in [0.29, 0.717) is 17.4 Å². The fourth-order valence-corrected chi connectivity index (χ4v) is 4.47. The van der Waals surface area contributed by atoms with E-state index in [1.807, 2.05) is 6.26 Å². The van der Waals surface area contributed by atoms with Crippen molar-refractivity contribution in [2.24, 2.45) is 5.41 Å². The van der Waals surface area contributed by atoms with Gasteiger partial charge < -0.3 is 11.1 Å². The molecule has 2 heterocycles. The van der Waals surface area contributed by atoms with Gasteiger partial charge in [-0.25, -0.2) is 9.97 Å². The summed E-state index contributed by atoms with van der Waals surface area (Å²) in [5, 5.41) is 4.06. The summed E-state index contributed by atoms with van der Waals surface area (Å²) in [5.74, 6) is 1.11. The maximum absolute atomic E-state index is 13.2. The molecule has 0 radical (unpaired) electrons. The van der Waals surface area contributed by atoms with Crippen molar-refractivity contribution < 1.29 is 4.79 Å². The summed E-state index contributed by atoms with van der Waals surface area (Å²) in [5.41, 5.74) is 11.1. The van der Waals surface area contributed by atoms with Crippen LogP contribution in [-0.2, 0) is 4.79 Å². The number of rotatable bonds is 2. The van der Waals surface area contributed by atoms with Crippen LogP contribution in [0.1, 0.15) is 49.3 Å². The standard InChI is InChI=1S/C21H24N4OS/c1-11-5-7-12(8-6-11)15-16-13(9-21(2,3)10-14(16)26)23-19-17(15)18(22)24-20(25-19)27-4/h5-8,15H,9-10H2,1-4H3,(H3,22,23,24,25)/t15-/m1/s1. The molecule has 5 nitrogen and oxygen atoms in total. The van der Waals surface area contributed by atoms with Crippen molar-refractivity contribution >= 4 is 29.2 Å². The van der Waals surface area contributed by atoms with E-state index >= 15 is 0 Å². The van der Waals surface area contributed by atoms with E-state index < -0.39 is 0 Å². The van der Waals surface area contributed by atoms with Gasteiger partial charge in [0.15, 0.2) is 10.9 Å². The maximum atomic E-state index is 13.2. The minimum absolute atomic E-state index is 0.0703. The maximum Gasteiger partial charge on any atom is 0.191 e. The monoisotopic (exact) mass is 380 g/mol. The van der Waals surface area contributed by atoms with Crippen LogP contribution in [0, 0.1) is 12.3 Å². The Morgan fingerprint density at radius 1 is 1.19 bits per heavy atom. The number of nitrogens with two attached hydrogens (primary N) is 1. The highest BCUT2D eigenvalue weighted by Crippen LogP contribution is 2.49.